The molecule has 0 aliphatic heterocycles. The van der Waals surface area contributed by atoms with E-state index in [1.807, 2.05) is 6.92 Å². The number of benzene rings is 1. The van der Waals surface area contributed by atoms with Crippen LogP contribution in [0.2, 0.25) is 0 Å². The van der Waals surface area contributed by atoms with Crippen molar-refractivity contribution in [1.82, 2.24) is 0 Å². The Morgan fingerprint density at radius 2 is 1.69 bits per heavy atom. The molecular weight excluding hydrogens is 217 g/mol. The maximum atomic E-state index is 13.3. The van der Waals surface area contributed by atoms with Crippen LogP contribution in [0.4, 0.5) is 13.2 Å². The molecule has 16 heavy (non-hydrogen) atoms. The van der Waals surface area contributed by atoms with E-state index >= 15 is 0 Å². The summed E-state index contributed by atoms with van der Waals surface area (Å²) in [5.41, 5.74) is -0.442. The zero-order valence-electron chi connectivity index (χ0n) is 9.30. The third-order valence-electron chi connectivity index (χ3n) is 2.62. The molecule has 4 heteroatoms. The van der Waals surface area contributed by atoms with Crippen molar-refractivity contribution in [2.24, 2.45) is 5.92 Å². The first-order valence-corrected chi connectivity index (χ1v) is 5.29. The van der Waals surface area contributed by atoms with Gasteiger partial charge in [-0.1, -0.05) is 20.3 Å². The Morgan fingerprint density at radius 1 is 1.19 bits per heavy atom. The SMILES string of the molecule is CCCC(C)C(O)c1c(F)cc(F)cc1F. The predicted octanol–water partition coefficient (Wildman–Crippen LogP) is 3.57. The largest absolute Gasteiger partial charge is 0.388 e. The summed E-state index contributed by atoms with van der Waals surface area (Å²) < 4.78 is 39.3. The van der Waals surface area contributed by atoms with Crippen LogP contribution < -0.4 is 0 Å². The molecule has 0 spiro atoms. The van der Waals surface area contributed by atoms with Gasteiger partial charge < -0.3 is 5.11 Å². The molecule has 2 unspecified atom stereocenters. The van der Waals surface area contributed by atoms with Crippen LogP contribution in [-0.4, -0.2) is 5.11 Å². The Labute approximate surface area is 92.9 Å². The lowest BCUT2D eigenvalue weighted by Gasteiger charge is -2.19. The molecular formula is C12H15F3O. The van der Waals surface area contributed by atoms with E-state index in [2.05, 4.69) is 0 Å². The predicted molar refractivity (Wildman–Crippen MR) is 55.3 cm³/mol. The minimum Gasteiger partial charge on any atom is -0.388 e. The molecule has 0 bridgehead atoms. The fraction of sp³-hybridized carbons (Fsp3) is 0.500. The van der Waals surface area contributed by atoms with Crippen LogP contribution in [0, 0.1) is 23.4 Å². The average Bonchev–Trinajstić information content (AvgIpc) is 2.16. The van der Waals surface area contributed by atoms with Crippen LogP contribution in [0.15, 0.2) is 12.1 Å². The van der Waals surface area contributed by atoms with Gasteiger partial charge in [-0.15, -0.1) is 0 Å². The van der Waals surface area contributed by atoms with Gasteiger partial charge in [0.2, 0.25) is 0 Å². The molecule has 0 amide bonds. The highest BCUT2D eigenvalue weighted by Crippen LogP contribution is 2.29. The summed E-state index contributed by atoms with van der Waals surface area (Å²) >= 11 is 0. The molecule has 0 aliphatic carbocycles. The van der Waals surface area contributed by atoms with Crippen LogP contribution in [0.5, 0.6) is 0 Å². The molecule has 2 atom stereocenters. The van der Waals surface area contributed by atoms with Gasteiger partial charge in [-0.05, 0) is 12.3 Å². The van der Waals surface area contributed by atoms with Gasteiger partial charge in [0, 0.05) is 12.1 Å². The van der Waals surface area contributed by atoms with Gasteiger partial charge in [0.1, 0.15) is 17.5 Å². The number of hydrogen-bond donors (Lipinski definition) is 1. The van der Waals surface area contributed by atoms with Crippen LogP contribution in [0.25, 0.3) is 0 Å². The van der Waals surface area contributed by atoms with Crippen molar-refractivity contribution in [3.63, 3.8) is 0 Å². The van der Waals surface area contributed by atoms with Crippen molar-refractivity contribution in [1.29, 1.82) is 0 Å². The Bertz CT molecular complexity index is 342. The summed E-state index contributed by atoms with van der Waals surface area (Å²) in [7, 11) is 0. The third kappa shape index (κ3) is 2.76. The number of aliphatic hydroxyl groups is 1. The summed E-state index contributed by atoms with van der Waals surface area (Å²) in [6.07, 6.45) is 0.223. The molecule has 1 aromatic rings. The van der Waals surface area contributed by atoms with Gasteiger partial charge >= 0.3 is 0 Å². The fourth-order valence-corrected chi connectivity index (χ4v) is 1.73. The quantitative estimate of drug-likeness (QED) is 0.841. The maximum Gasteiger partial charge on any atom is 0.134 e. The van der Waals surface area contributed by atoms with Crippen molar-refractivity contribution in [3.8, 4) is 0 Å². The molecule has 1 nitrogen and oxygen atoms in total. The van der Waals surface area contributed by atoms with Gasteiger partial charge in [0.25, 0.3) is 0 Å². The summed E-state index contributed by atoms with van der Waals surface area (Å²) in [5, 5.41) is 9.77. The highest BCUT2D eigenvalue weighted by molar-refractivity contribution is 5.23. The second-order valence-electron chi connectivity index (χ2n) is 3.99. The summed E-state index contributed by atoms with van der Waals surface area (Å²) in [5.74, 6) is -3.31. The fourth-order valence-electron chi connectivity index (χ4n) is 1.73. The molecule has 0 saturated carbocycles. The number of aliphatic hydroxyl groups excluding tert-OH is 1. The number of hydrogen-bond acceptors (Lipinski definition) is 1. The van der Waals surface area contributed by atoms with Crippen molar-refractivity contribution in [2.75, 3.05) is 0 Å². The number of halogens is 3. The van der Waals surface area contributed by atoms with Gasteiger partial charge in [0.15, 0.2) is 0 Å². The van der Waals surface area contributed by atoms with Gasteiger partial charge in [-0.25, -0.2) is 13.2 Å². The topological polar surface area (TPSA) is 20.2 Å². The number of rotatable bonds is 4. The molecule has 0 saturated heterocycles. The zero-order chi connectivity index (χ0) is 12.3. The molecule has 1 aromatic carbocycles. The van der Waals surface area contributed by atoms with Crippen LogP contribution in [0.3, 0.4) is 0 Å². The molecule has 1 rings (SSSR count). The van der Waals surface area contributed by atoms with Gasteiger partial charge in [-0.2, -0.15) is 0 Å². The first-order chi connectivity index (χ1) is 7.47. The molecule has 0 aromatic heterocycles. The lowest BCUT2D eigenvalue weighted by Crippen LogP contribution is -2.13. The van der Waals surface area contributed by atoms with E-state index in [0.29, 0.717) is 18.6 Å². The Balaban J connectivity index is 3.03. The van der Waals surface area contributed by atoms with Gasteiger partial charge in [-0.3, -0.25) is 0 Å². The molecule has 0 aliphatic rings. The van der Waals surface area contributed by atoms with Crippen LogP contribution >= 0.6 is 0 Å². The van der Waals surface area contributed by atoms with E-state index in [9.17, 15) is 18.3 Å². The van der Waals surface area contributed by atoms with E-state index in [0.717, 1.165) is 6.42 Å². The maximum absolute atomic E-state index is 13.3. The van der Waals surface area contributed by atoms with E-state index in [1.54, 1.807) is 6.92 Å². The Kier molecular flexibility index (Phi) is 4.35. The normalized spacial score (nSPS) is 14.9. The standard InChI is InChI=1S/C12H15F3O/c1-3-4-7(2)12(16)11-9(14)5-8(13)6-10(11)15/h5-7,12,16H,3-4H2,1-2H3. The van der Waals surface area contributed by atoms with E-state index in [1.165, 1.54) is 0 Å². The van der Waals surface area contributed by atoms with Crippen molar-refractivity contribution in [3.05, 3.63) is 35.1 Å². The second kappa shape index (κ2) is 5.34. The molecule has 1 N–H and O–H groups in total. The molecule has 0 heterocycles. The summed E-state index contributed by atoms with van der Waals surface area (Å²) in [6, 6.07) is 1.17. The first-order valence-electron chi connectivity index (χ1n) is 5.29. The Hall–Kier alpha value is -1.03. The molecule has 90 valence electrons. The van der Waals surface area contributed by atoms with E-state index in [-0.39, 0.29) is 5.92 Å². The van der Waals surface area contributed by atoms with Crippen LogP contribution in [0.1, 0.15) is 38.4 Å². The average molecular weight is 232 g/mol. The molecule has 0 fully saturated rings. The van der Waals surface area contributed by atoms with Crippen molar-refractivity contribution < 1.29 is 18.3 Å². The smallest absolute Gasteiger partial charge is 0.134 e. The van der Waals surface area contributed by atoms with Gasteiger partial charge in [0.05, 0.1) is 11.7 Å². The second-order valence-corrected chi connectivity index (χ2v) is 3.99. The highest BCUT2D eigenvalue weighted by Gasteiger charge is 2.23. The highest BCUT2D eigenvalue weighted by atomic mass is 19.1. The summed E-state index contributed by atoms with van der Waals surface area (Å²) in [4.78, 5) is 0. The van der Waals surface area contributed by atoms with Crippen molar-refractivity contribution >= 4 is 0 Å². The van der Waals surface area contributed by atoms with E-state index in [4.69, 9.17) is 0 Å². The minimum atomic E-state index is -1.24. The van der Waals surface area contributed by atoms with Crippen LogP contribution in [-0.2, 0) is 0 Å². The monoisotopic (exact) mass is 232 g/mol. The lowest BCUT2D eigenvalue weighted by molar-refractivity contribution is 0.104. The van der Waals surface area contributed by atoms with E-state index < -0.39 is 29.1 Å². The zero-order valence-corrected chi connectivity index (χ0v) is 9.30. The van der Waals surface area contributed by atoms with Crippen molar-refractivity contribution in [2.45, 2.75) is 32.8 Å². The lowest BCUT2D eigenvalue weighted by atomic mass is 9.93. The minimum absolute atomic E-state index is 0.264. The third-order valence-corrected chi connectivity index (χ3v) is 2.62. The summed E-state index contributed by atoms with van der Waals surface area (Å²) in [6.45, 7) is 3.62. The molecule has 0 radical (unpaired) electrons. The first kappa shape index (κ1) is 13.0. The Morgan fingerprint density at radius 3 is 2.12 bits per heavy atom.